The number of hydrogen-bond donors (Lipinski definition) is 1. The number of pyridine rings is 1. The average Bonchev–Trinajstić information content (AvgIpc) is 2.42. The molecule has 2 nitrogen and oxygen atoms in total. The molecule has 2 aromatic rings. The van der Waals surface area contributed by atoms with Crippen LogP contribution in [-0.4, -0.2) is 12.0 Å². The van der Waals surface area contributed by atoms with E-state index >= 15 is 0 Å². The van der Waals surface area contributed by atoms with Crippen molar-refractivity contribution in [2.75, 3.05) is 7.05 Å². The topological polar surface area (TPSA) is 24.9 Å². The number of aryl methyl sites for hydroxylation is 3. The van der Waals surface area contributed by atoms with Crippen molar-refractivity contribution in [2.24, 2.45) is 0 Å². The Hall–Kier alpha value is -1.74. The fraction of sp³-hybridized carbons (Fsp3) is 0.353. The molecule has 0 aliphatic rings. The molecule has 0 amide bonds. The first-order valence-electron chi connectivity index (χ1n) is 6.94. The maximum absolute atomic E-state index is 14.2. The minimum atomic E-state index is -0.118. The third kappa shape index (κ3) is 3.42. The van der Waals surface area contributed by atoms with Gasteiger partial charge in [0.15, 0.2) is 0 Å². The number of nitrogens with zero attached hydrogens (tertiary/aromatic N) is 1. The van der Waals surface area contributed by atoms with Gasteiger partial charge < -0.3 is 5.32 Å². The highest BCUT2D eigenvalue weighted by Crippen LogP contribution is 2.26. The lowest BCUT2D eigenvalue weighted by Crippen LogP contribution is -2.20. The molecule has 1 heterocycles. The molecule has 0 bridgehead atoms. The fourth-order valence-corrected chi connectivity index (χ4v) is 2.66. The zero-order valence-electron chi connectivity index (χ0n) is 12.3. The second kappa shape index (κ2) is 6.62. The van der Waals surface area contributed by atoms with Crippen molar-refractivity contribution in [2.45, 2.75) is 32.7 Å². The SMILES string of the molecule is CNC(CCc1cccnc1)c1c(C)cc(C)cc1F. The number of nitrogens with one attached hydrogen (secondary N) is 1. The Kier molecular flexibility index (Phi) is 4.85. The van der Waals surface area contributed by atoms with E-state index in [0.29, 0.717) is 0 Å². The first kappa shape index (κ1) is 14.7. The molecule has 106 valence electrons. The number of rotatable bonds is 5. The van der Waals surface area contributed by atoms with E-state index in [9.17, 15) is 4.39 Å². The van der Waals surface area contributed by atoms with Gasteiger partial charge in [-0.05, 0) is 62.6 Å². The van der Waals surface area contributed by atoms with E-state index in [1.807, 2.05) is 39.2 Å². The molecule has 0 saturated heterocycles. The van der Waals surface area contributed by atoms with Gasteiger partial charge in [0.05, 0.1) is 0 Å². The summed E-state index contributed by atoms with van der Waals surface area (Å²) in [6.07, 6.45) is 5.36. The van der Waals surface area contributed by atoms with Crippen molar-refractivity contribution in [1.29, 1.82) is 0 Å². The summed E-state index contributed by atoms with van der Waals surface area (Å²) in [6.45, 7) is 3.89. The van der Waals surface area contributed by atoms with Gasteiger partial charge in [0.1, 0.15) is 5.82 Å². The molecule has 0 aliphatic heterocycles. The monoisotopic (exact) mass is 272 g/mol. The summed E-state index contributed by atoms with van der Waals surface area (Å²) < 4.78 is 14.2. The molecule has 1 N–H and O–H groups in total. The Morgan fingerprint density at radius 1 is 1.30 bits per heavy atom. The third-order valence-electron chi connectivity index (χ3n) is 3.62. The molecule has 1 aromatic heterocycles. The van der Waals surface area contributed by atoms with Crippen molar-refractivity contribution in [3.8, 4) is 0 Å². The van der Waals surface area contributed by atoms with Crippen LogP contribution in [0.4, 0.5) is 4.39 Å². The van der Waals surface area contributed by atoms with Crippen molar-refractivity contribution < 1.29 is 4.39 Å². The van der Waals surface area contributed by atoms with Gasteiger partial charge in [-0.25, -0.2) is 4.39 Å². The van der Waals surface area contributed by atoms with Gasteiger partial charge in [0, 0.05) is 24.0 Å². The molecule has 0 aliphatic carbocycles. The molecule has 0 spiro atoms. The van der Waals surface area contributed by atoms with Crippen molar-refractivity contribution in [1.82, 2.24) is 10.3 Å². The van der Waals surface area contributed by atoms with Crippen molar-refractivity contribution in [3.63, 3.8) is 0 Å². The minimum absolute atomic E-state index is 0.0239. The molecule has 1 atom stereocenters. The van der Waals surface area contributed by atoms with Crippen LogP contribution in [0.3, 0.4) is 0 Å². The number of aromatic nitrogens is 1. The second-order valence-electron chi connectivity index (χ2n) is 5.22. The fourth-order valence-electron chi connectivity index (χ4n) is 2.66. The third-order valence-corrected chi connectivity index (χ3v) is 3.62. The van der Waals surface area contributed by atoms with Crippen LogP contribution in [0.15, 0.2) is 36.7 Å². The van der Waals surface area contributed by atoms with Crippen LogP contribution in [0.5, 0.6) is 0 Å². The number of benzene rings is 1. The van der Waals surface area contributed by atoms with Crippen LogP contribution in [0.1, 0.15) is 34.7 Å². The number of hydrogen-bond acceptors (Lipinski definition) is 2. The normalized spacial score (nSPS) is 12.4. The summed E-state index contributed by atoms with van der Waals surface area (Å²) in [5.41, 5.74) is 3.93. The Morgan fingerprint density at radius 3 is 2.70 bits per heavy atom. The summed E-state index contributed by atoms with van der Waals surface area (Å²) >= 11 is 0. The zero-order valence-corrected chi connectivity index (χ0v) is 12.3. The summed E-state index contributed by atoms with van der Waals surface area (Å²) in [5.74, 6) is -0.118. The maximum atomic E-state index is 14.2. The van der Waals surface area contributed by atoms with Crippen LogP contribution in [-0.2, 0) is 6.42 Å². The molecule has 0 saturated carbocycles. The highest BCUT2D eigenvalue weighted by Gasteiger charge is 2.17. The summed E-state index contributed by atoms with van der Waals surface area (Å²) in [7, 11) is 1.88. The van der Waals surface area contributed by atoms with Gasteiger partial charge in [-0.3, -0.25) is 4.98 Å². The van der Waals surface area contributed by atoms with E-state index in [2.05, 4.69) is 16.4 Å². The summed E-state index contributed by atoms with van der Waals surface area (Å²) in [4.78, 5) is 4.11. The Labute approximate surface area is 120 Å². The zero-order chi connectivity index (χ0) is 14.5. The van der Waals surface area contributed by atoms with Gasteiger partial charge in [-0.2, -0.15) is 0 Å². The standard InChI is InChI=1S/C17H21FN2/c1-12-9-13(2)17(15(18)10-12)16(19-3)7-6-14-5-4-8-20-11-14/h4-5,8-11,16,19H,6-7H2,1-3H3. The molecule has 0 radical (unpaired) electrons. The van der Waals surface area contributed by atoms with Crippen molar-refractivity contribution >= 4 is 0 Å². The summed E-state index contributed by atoms with van der Waals surface area (Å²) in [5, 5.41) is 3.23. The van der Waals surface area contributed by atoms with Crippen LogP contribution in [0.25, 0.3) is 0 Å². The lowest BCUT2D eigenvalue weighted by Gasteiger charge is -2.20. The van der Waals surface area contributed by atoms with Gasteiger partial charge >= 0.3 is 0 Å². The second-order valence-corrected chi connectivity index (χ2v) is 5.22. The lowest BCUT2D eigenvalue weighted by molar-refractivity contribution is 0.505. The molecule has 0 fully saturated rings. The first-order chi connectivity index (χ1) is 9.61. The number of halogens is 1. The Balaban J connectivity index is 2.17. The Bertz CT molecular complexity index is 543. The van der Waals surface area contributed by atoms with Gasteiger partial charge in [-0.15, -0.1) is 0 Å². The lowest BCUT2D eigenvalue weighted by atomic mass is 9.94. The highest BCUT2D eigenvalue weighted by atomic mass is 19.1. The van der Waals surface area contributed by atoms with Crippen molar-refractivity contribution in [3.05, 3.63) is 64.7 Å². The van der Waals surface area contributed by atoms with E-state index in [1.54, 1.807) is 12.3 Å². The van der Waals surface area contributed by atoms with E-state index in [-0.39, 0.29) is 11.9 Å². The van der Waals surface area contributed by atoms with E-state index in [4.69, 9.17) is 0 Å². The summed E-state index contributed by atoms with van der Waals surface area (Å²) in [6, 6.07) is 7.65. The molecule has 1 aromatic carbocycles. The van der Waals surface area contributed by atoms with E-state index < -0.39 is 0 Å². The molecule has 3 heteroatoms. The first-order valence-corrected chi connectivity index (χ1v) is 6.94. The predicted molar refractivity (Wildman–Crippen MR) is 80.2 cm³/mol. The van der Waals surface area contributed by atoms with Crippen LogP contribution < -0.4 is 5.32 Å². The Morgan fingerprint density at radius 2 is 2.10 bits per heavy atom. The average molecular weight is 272 g/mol. The molecular weight excluding hydrogens is 251 g/mol. The largest absolute Gasteiger partial charge is 0.313 e. The molecule has 20 heavy (non-hydrogen) atoms. The molecule has 1 unspecified atom stereocenters. The molecule has 2 rings (SSSR count). The van der Waals surface area contributed by atoms with Gasteiger partial charge in [0.2, 0.25) is 0 Å². The van der Waals surface area contributed by atoms with Crippen LogP contribution >= 0.6 is 0 Å². The predicted octanol–water partition coefficient (Wildman–Crippen LogP) is 3.73. The van der Waals surface area contributed by atoms with E-state index in [0.717, 1.165) is 29.5 Å². The minimum Gasteiger partial charge on any atom is -0.313 e. The van der Waals surface area contributed by atoms with E-state index in [1.165, 1.54) is 5.56 Å². The van der Waals surface area contributed by atoms with Crippen LogP contribution in [0, 0.1) is 19.7 Å². The van der Waals surface area contributed by atoms with Gasteiger partial charge in [-0.1, -0.05) is 12.1 Å². The quantitative estimate of drug-likeness (QED) is 0.897. The highest BCUT2D eigenvalue weighted by molar-refractivity contribution is 5.34. The smallest absolute Gasteiger partial charge is 0.128 e. The molecular formula is C17H21FN2. The van der Waals surface area contributed by atoms with Crippen LogP contribution in [0.2, 0.25) is 0 Å². The maximum Gasteiger partial charge on any atom is 0.128 e. The van der Waals surface area contributed by atoms with Gasteiger partial charge in [0.25, 0.3) is 0 Å².